The van der Waals surface area contributed by atoms with Gasteiger partial charge in [-0.25, -0.2) is 0 Å². The number of benzene rings is 1. The fourth-order valence-electron chi connectivity index (χ4n) is 2.48. The van der Waals surface area contributed by atoms with Crippen LogP contribution in [0.4, 0.5) is 0 Å². The lowest BCUT2D eigenvalue weighted by Gasteiger charge is -2.24. The van der Waals surface area contributed by atoms with Gasteiger partial charge < -0.3 is 15.7 Å². The molecule has 0 radical (unpaired) electrons. The van der Waals surface area contributed by atoms with Crippen LogP contribution in [0.3, 0.4) is 0 Å². The van der Waals surface area contributed by atoms with Gasteiger partial charge in [0.2, 0.25) is 5.91 Å². The largest absolute Gasteiger partial charge is 0.381 e. The van der Waals surface area contributed by atoms with Gasteiger partial charge in [-0.2, -0.15) is 0 Å². The van der Waals surface area contributed by atoms with Crippen molar-refractivity contribution in [2.45, 2.75) is 65.0 Å². The molecule has 3 N–H and O–H groups in total. The smallest absolute Gasteiger partial charge is 0.251 e. The molecule has 140 valence electrons. The van der Waals surface area contributed by atoms with Crippen molar-refractivity contribution in [3.05, 3.63) is 35.9 Å². The Kier molecular flexibility index (Phi) is 9.85. The molecule has 0 bridgehead atoms. The number of carbonyl (C=O) groups is 2. The summed E-state index contributed by atoms with van der Waals surface area (Å²) in [6.07, 6.45) is 2.16. The number of rotatable bonds is 11. The molecule has 0 fully saturated rings. The number of amides is 2. The number of aliphatic hydroxyl groups excluding tert-OH is 1. The quantitative estimate of drug-likeness (QED) is 0.538. The highest BCUT2D eigenvalue weighted by Crippen LogP contribution is 2.09. The van der Waals surface area contributed by atoms with Crippen LogP contribution in [0.5, 0.6) is 0 Å². The van der Waals surface area contributed by atoms with E-state index in [0.717, 1.165) is 24.8 Å². The molecular formula is C20H32N2O3. The van der Waals surface area contributed by atoms with Gasteiger partial charge in [-0.05, 0) is 30.7 Å². The second-order valence-corrected chi connectivity index (χ2v) is 6.89. The van der Waals surface area contributed by atoms with E-state index in [1.165, 1.54) is 0 Å². The third kappa shape index (κ3) is 8.68. The maximum Gasteiger partial charge on any atom is 0.251 e. The summed E-state index contributed by atoms with van der Waals surface area (Å²) in [5.41, 5.74) is 0.970. The van der Waals surface area contributed by atoms with Crippen LogP contribution in [0.15, 0.2) is 30.3 Å². The maximum atomic E-state index is 12.2. The summed E-state index contributed by atoms with van der Waals surface area (Å²) in [7, 11) is 0. The number of nitrogens with one attached hydrogen (secondary N) is 2. The van der Waals surface area contributed by atoms with Crippen LogP contribution in [-0.4, -0.2) is 35.6 Å². The highest BCUT2D eigenvalue weighted by Gasteiger charge is 2.27. The molecule has 5 heteroatoms. The molecule has 0 heterocycles. The molecule has 1 aromatic rings. The molecule has 0 saturated heterocycles. The van der Waals surface area contributed by atoms with Crippen molar-refractivity contribution in [1.29, 1.82) is 0 Å². The van der Waals surface area contributed by atoms with Gasteiger partial charge in [-0.15, -0.1) is 0 Å². The van der Waals surface area contributed by atoms with Crippen LogP contribution < -0.4 is 10.6 Å². The second-order valence-electron chi connectivity index (χ2n) is 6.89. The first-order valence-electron chi connectivity index (χ1n) is 9.23. The van der Waals surface area contributed by atoms with Gasteiger partial charge in [0.15, 0.2) is 6.10 Å². The molecular weight excluding hydrogens is 316 g/mol. The van der Waals surface area contributed by atoms with Crippen molar-refractivity contribution in [3.63, 3.8) is 0 Å². The summed E-state index contributed by atoms with van der Waals surface area (Å²) >= 11 is 0. The van der Waals surface area contributed by atoms with Gasteiger partial charge in [0, 0.05) is 13.0 Å². The molecule has 2 atom stereocenters. The molecule has 0 aliphatic heterocycles. The monoisotopic (exact) mass is 348 g/mol. The first kappa shape index (κ1) is 21.2. The summed E-state index contributed by atoms with van der Waals surface area (Å²) in [6.45, 7) is 6.69. The molecule has 2 amide bonds. The van der Waals surface area contributed by atoms with E-state index in [4.69, 9.17) is 0 Å². The van der Waals surface area contributed by atoms with Gasteiger partial charge in [0.05, 0.1) is 6.04 Å². The first-order valence-corrected chi connectivity index (χ1v) is 9.23. The Bertz CT molecular complexity index is 517. The van der Waals surface area contributed by atoms with E-state index < -0.39 is 18.1 Å². The topological polar surface area (TPSA) is 78.4 Å². The average Bonchev–Trinajstić information content (AvgIpc) is 2.59. The van der Waals surface area contributed by atoms with E-state index >= 15 is 0 Å². The summed E-state index contributed by atoms with van der Waals surface area (Å²) in [5, 5.41) is 16.0. The average molecular weight is 348 g/mol. The van der Waals surface area contributed by atoms with E-state index in [1.807, 2.05) is 37.3 Å². The van der Waals surface area contributed by atoms with Crippen molar-refractivity contribution >= 4 is 11.8 Å². The zero-order valence-electron chi connectivity index (χ0n) is 15.6. The van der Waals surface area contributed by atoms with Crippen molar-refractivity contribution in [2.24, 2.45) is 5.92 Å². The third-order valence-electron chi connectivity index (χ3n) is 4.07. The zero-order chi connectivity index (χ0) is 18.7. The normalized spacial score (nSPS) is 13.3. The van der Waals surface area contributed by atoms with Gasteiger partial charge in [-0.3, -0.25) is 9.59 Å². The molecule has 0 aromatic heterocycles. The lowest BCUT2D eigenvalue weighted by Crippen LogP contribution is -2.51. The Hall–Kier alpha value is -1.88. The predicted molar refractivity (Wildman–Crippen MR) is 100 cm³/mol. The van der Waals surface area contributed by atoms with E-state index in [9.17, 15) is 14.7 Å². The van der Waals surface area contributed by atoms with Crippen LogP contribution >= 0.6 is 0 Å². The molecule has 5 nitrogen and oxygen atoms in total. The first-order chi connectivity index (χ1) is 11.9. The van der Waals surface area contributed by atoms with Crippen molar-refractivity contribution < 1.29 is 14.7 Å². The van der Waals surface area contributed by atoms with Crippen molar-refractivity contribution in [3.8, 4) is 0 Å². The van der Waals surface area contributed by atoms with Crippen LogP contribution in [0.2, 0.25) is 0 Å². The lowest BCUT2D eigenvalue weighted by molar-refractivity contribution is -0.132. The number of carbonyl (C=O) groups excluding carboxylic acids is 2. The second kappa shape index (κ2) is 11.6. The highest BCUT2D eigenvalue weighted by atomic mass is 16.3. The molecule has 0 spiro atoms. The molecule has 25 heavy (non-hydrogen) atoms. The minimum Gasteiger partial charge on any atom is -0.381 e. The summed E-state index contributed by atoms with van der Waals surface area (Å²) in [6, 6.07) is 8.93. The van der Waals surface area contributed by atoms with Crippen LogP contribution in [0.1, 0.15) is 52.0 Å². The number of hydrogen-bond donors (Lipinski definition) is 3. The maximum absolute atomic E-state index is 12.2. The standard InChI is InChI=1S/C20H32N2O3/c1-4-5-13-21-20(25)19(24)17(14-16-9-7-6-8-10-16)22-18(23)12-11-15(2)3/h6-10,15,17,19,24H,4-5,11-14H2,1-3H3,(H,21,25)(H,22,23)/t17-,19?/m0/s1. The van der Waals surface area contributed by atoms with E-state index in [2.05, 4.69) is 24.5 Å². The summed E-state index contributed by atoms with van der Waals surface area (Å²) < 4.78 is 0. The number of aliphatic hydroxyl groups is 1. The van der Waals surface area contributed by atoms with Gasteiger partial charge in [0.1, 0.15) is 0 Å². The molecule has 1 rings (SSSR count). The van der Waals surface area contributed by atoms with Crippen LogP contribution in [0.25, 0.3) is 0 Å². The summed E-state index contributed by atoms with van der Waals surface area (Å²) in [5.74, 6) is -0.130. The SMILES string of the molecule is CCCCNC(=O)C(O)[C@H](Cc1ccccc1)NC(=O)CCC(C)C. The zero-order valence-corrected chi connectivity index (χ0v) is 15.6. The molecule has 1 aromatic carbocycles. The highest BCUT2D eigenvalue weighted by molar-refractivity contribution is 5.83. The Morgan fingerprint density at radius 3 is 2.44 bits per heavy atom. The Labute approximate surface area is 151 Å². The van der Waals surface area contributed by atoms with Crippen LogP contribution in [0, 0.1) is 5.92 Å². The van der Waals surface area contributed by atoms with Gasteiger partial charge >= 0.3 is 0 Å². The lowest BCUT2D eigenvalue weighted by atomic mass is 9.99. The predicted octanol–water partition coefficient (Wildman–Crippen LogP) is 2.43. The van der Waals surface area contributed by atoms with Gasteiger partial charge in [0.25, 0.3) is 5.91 Å². The number of hydrogen-bond acceptors (Lipinski definition) is 3. The minimum absolute atomic E-state index is 0.130. The molecule has 0 aliphatic rings. The van der Waals surface area contributed by atoms with Gasteiger partial charge in [-0.1, -0.05) is 57.5 Å². The Morgan fingerprint density at radius 2 is 1.84 bits per heavy atom. The summed E-state index contributed by atoms with van der Waals surface area (Å²) in [4.78, 5) is 24.4. The fourth-order valence-corrected chi connectivity index (χ4v) is 2.48. The molecule has 1 unspecified atom stereocenters. The Morgan fingerprint density at radius 1 is 1.16 bits per heavy atom. The van der Waals surface area contributed by atoms with E-state index in [1.54, 1.807) is 0 Å². The Balaban J connectivity index is 2.72. The van der Waals surface area contributed by atoms with E-state index in [0.29, 0.717) is 25.3 Å². The molecule has 0 aliphatic carbocycles. The minimum atomic E-state index is -1.26. The van der Waals surface area contributed by atoms with Crippen molar-refractivity contribution in [1.82, 2.24) is 10.6 Å². The van der Waals surface area contributed by atoms with Crippen molar-refractivity contribution in [2.75, 3.05) is 6.54 Å². The van der Waals surface area contributed by atoms with Crippen LogP contribution in [-0.2, 0) is 16.0 Å². The van der Waals surface area contributed by atoms with E-state index in [-0.39, 0.29) is 5.91 Å². The third-order valence-corrected chi connectivity index (χ3v) is 4.07. The fraction of sp³-hybridized carbons (Fsp3) is 0.600. The molecule has 0 saturated carbocycles. The number of unbranched alkanes of at least 4 members (excludes halogenated alkanes) is 1.